The van der Waals surface area contributed by atoms with Crippen molar-refractivity contribution in [2.45, 2.75) is 26.7 Å². The van der Waals surface area contributed by atoms with E-state index in [2.05, 4.69) is 11.9 Å². The zero-order valence-corrected chi connectivity index (χ0v) is 11.2. The number of ketones is 1. The van der Waals surface area contributed by atoms with E-state index in [-0.39, 0.29) is 5.78 Å². The van der Waals surface area contributed by atoms with Gasteiger partial charge in [-0.2, -0.15) is 0 Å². The summed E-state index contributed by atoms with van der Waals surface area (Å²) in [4.78, 5) is 15.6. The SMILES string of the molecule is CCC(=O)c1ccc(Oc2ccc(CC)cc2)nc1. The van der Waals surface area contributed by atoms with Gasteiger partial charge in [0.05, 0.1) is 0 Å². The Balaban J connectivity index is 2.08. The van der Waals surface area contributed by atoms with Crippen LogP contribution in [0.4, 0.5) is 0 Å². The number of benzene rings is 1. The minimum absolute atomic E-state index is 0.0892. The summed E-state index contributed by atoms with van der Waals surface area (Å²) in [5, 5.41) is 0. The molecule has 1 aromatic heterocycles. The largest absolute Gasteiger partial charge is 0.439 e. The van der Waals surface area contributed by atoms with Gasteiger partial charge >= 0.3 is 0 Å². The molecule has 0 fully saturated rings. The molecule has 0 amide bonds. The Morgan fingerprint density at radius 3 is 2.37 bits per heavy atom. The van der Waals surface area contributed by atoms with Crippen LogP contribution in [0, 0.1) is 0 Å². The molecule has 98 valence electrons. The third-order valence-electron chi connectivity index (χ3n) is 2.93. The number of Topliss-reactive ketones (excluding diaryl/α,β-unsaturated/α-hetero) is 1. The second kappa shape index (κ2) is 6.14. The van der Waals surface area contributed by atoms with Crippen LogP contribution in [0.15, 0.2) is 42.6 Å². The molecular weight excluding hydrogens is 238 g/mol. The first-order valence-corrected chi connectivity index (χ1v) is 6.49. The molecule has 3 nitrogen and oxygen atoms in total. The van der Waals surface area contributed by atoms with Gasteiger partial charge in [0.1, 0.15) is 5.75 Å². The molecule has 0 aliphatic carbocycles. The molecule has 0 N–H and O–H groups in total. The molecule has 0 unspecified atom stereocenters. The Morgan fingerprint density at radius 1 is 1.11 bits per heavy atom. The Morgan fingerprint density at radius 2 is 1.84 bits per heavy atom. The van der Waals surface area contributed by atoms with Gasteiger partial charge in [0, 0.05) is 24.2 Å². The monoisotopic (exact) mass is 255 g/mol. The number of ether oxygens (including phenoxy) is 1. The molecule has 0 spiro atoms. The molecule has 1 heterocycles. The van der Waals surface area contributed by atoms with Gasteiger partial charge in [-0.1, -0.05) is 26.0 Å². The van der Waals surface area contributed by atoms with E-state index in [0.717, 1.165) is 12.2 Å². The van der Waals surface area contributed by atoms with Crippen LogP contribution >= 0.6 is 0 Å². The number of aryl methyl sites for hydroxylation is 1. The summed E-state index contributed by atoms with van der Waals surface area (Å²) in [6.07, 6.45) is 3.05. The zero-order chi connectivity index (χ0) is 13.7. The number of hydrogen-bond acceptors (Lipinski definition) is 3. The van der Waals surface area contributed by atoms with E-state index < -0.39 is 0 Å². The van der Waals surface area contributed by atoms with E-state index in [4.69, 9.17) is 4.74 Å². The number of nitrogens with zero attached hydrogens (tertiary/aromatic N) is 1. The minimum Gasteiger partial charge on any atom is -0.439 e. The van der Waals surface area contributed by atoms with Gasteiger partial charge in [-0.3, -0.25) is 4.79 Å². The molecule has 0 atom stereocenters. The average molecular weight is 255 g/mol. The maximum atomic E-state index is 11.5. The summed E-state index contributed by atoms with van der Waals surface area (Å²) in [5.41, 5.74) is 1.89. The molecule has 0 radical (unpaired) electrons. The van der Waals surface area contributed by atoms with Crippen molar-refractivity contribution in [1.29, 1.82) is 0 Å². The summed E-state index contributed by atoms with van der Waals surface area (Å²) < 4.78 is 5.62. The highest BCUT2D eigenvalue weighted by molar-refractivity contribution is 5.95. The highest BCUT2D eigenvalue weighted by atomic mass is 16.5. The van der Waals surface area contributed by atoms with Crippen molar-refractivity contribution in [3.63, 3.8) is 0 Å². The predicted molar refractivity (Wildman–Crippen MR) is 74.8 cm³/mol. The fraction of sp³-hybridized carbons (Fsp3) is 0.250. The lowest BCUT2D eigenvalue weighted by atomic mass is 10.1. The molecule has 0 aliphatic rings. The van der Waals surface area contributed by atoms with E-state index in [9.17, 15) is 4.79 Å². The van der Waals surface area contributed by atoms with Crippen molar-refractivity contribution in [1.82, 2.24) is 4.98 Å². The first-order valence-electron chi connectivity index (χ1n) is 6.49. The molecule has 0 saturated carbocycles. The first kappa shape index (κ1) is 13.3. The Bertz CT molecular complexity index is 544. The lowest BCUT2D eigenvalue weighted by Crippen LogP contribution is -1.97. The third kappa shape index (κ3) is 3.41. The standard InChI is InChI=1S/C16H17NO2/c1-3-12-5-8-14(9-6-12)19-16-10-7-13(11-17-16)15(18)4-2/h5-11H,3-4H2,1-2H3. The molecule has 0 aliphatic heterocycles. The highest BCUT2D eigenvalue weighted by Gasteiger charge is 2.04. The minimum atomic E-state index is 0.0892. The second-order valence-electron chi connectivity index (χ2n) is 4.26. The van der Waals surface area contributed by atoms with E-state index in [1.807, 2.05) is 31.2 Å². The number of carbonyl (C=O) groups is 1. The van der Waals surface area contributed by atoms with Gasteiger partial charge in [0.25, 0.3) is 0 Å². The van der Waals surface area contributed by atoms with E-state index >= 15 is 0 Å². The van der Waals surface area contributed by atoms with E-state index in [1.54, 1.807) is 18.3 Å². The highest BCUT2D eigenvalue weighted by Crippen LogP contribution is 2.20. The predicted octanol–water partition coefficient (Wildman–Crippen LogP) is 4.03. The Kier molecular flexibility index (Phi) is 4.29. The second-order valence-corrected chi connectivity index (χ2v) is 4.26. The average Bonchev–Trinajstić information content (AvgIpc) is 2.48. The fourth-order valence-electron chi connectivity index (χ4n) is 1.72. The lowest BCUT2D eigenvalue weighted by molar-refractivity contribution is 0.0988. The van der Waals surface area contributed by atoms with Crippen molar-refractivity contribution < 1.29 is 9.53 Å². The van der Waals surface area contributed by atoms with Gasteiger partial charge in [-0.15, -0.1) is 0 Å². The zero-order valence-electron chi connectivity index (χ0n) is 11.2. The number of rotatable bonds is 5. The van der Waals surface area contributed by atoms with Crippen molar-refractivity contribution in [3.05, 3.63) is 53.7 Å². The summed E-state index contributed by atoms with van der Waals surface area (Å²) in [6, 6.07) is 11.4. The van der Waals surface area contributed by atoms with Crippen molar-refractivity contribution in [2.75, 3.05) is 0 Å². The van der Waals surface area contributed by atoms with Gasteiger partial charge in [0.15, 0.2) is 5.78 Å². The Hall–Kier alpha value is -2.16. The molecule has 2 rings (SSSR count). The molecular formula is C16H17NO2. The summed E-state index contributed by atoms with van der Waals surface area (Å²) in [6.45, 7) is 3.95. The van der Waals surface area contributed by atoms with Crippen LogP contribution in [0.2, 0.25) is 0 Å². The van der Waals surface area contributed by atoms with Crippen LogP contribution in [0.3, 0.4) is 0 Å². The van der Waals surface area contributed by atoms with Crippen molar-refractivity contribution >= 4 is 5.78 Å². The van der Waals surface area contributed by atoms with Gasteiger partial charge in [-0.05, 0) is 30.2 Å². The third-order valence-corrected chi connectivity index (χ3v) is 2.93. The summed E-state index contributed by atoms with van der Waals surface area (Å²) in [5.74, 6) is 1.34. The van der Waals surface area contributed by atoms with E-state index in [1.165, 1.54) is 5.56 Å². The maximum absolute atomic E-state index is 11.5. The van der Waals surface area contributed by atoms with Crippen molar-refractivity contribution in [2.24, 2.45) is 0 Å². The molecule has 0 saturated heterocycles. The van der Waals surface area contributed by atoms with Gasteiger partial charge in [-0.25, -0.2) is 4.98 Å². The fourth-order valence-corrected chi connectivity index (χ4v) is 1.72. The van der Waals surface area contributed by atoms with Gasteiger partial charge in [0.2, 0.25) is 5.88 Å². The number of aromatic nitrogens is 1. The quantitative estimate of drug-likeness (QED) is 0.757. The van der Waals surface area contributed by atoms with Gasteiger partial charge < -0.3 is 4.74 Å². The number of hydrogen-bond donors (Lipinski definition) is 0. The lowest BCUT2D eigenvalue weighted by Gasteiger charge is -2.06. The molecule has 2 aromatic rings. The smallest absolute Gasteiger partial charge is 0.219 e. The molecule has 19 heavy (non-hydrogen) atoms. The molecule has 0 bridgehead atoms. The van der Waals surface area contributed by atoms with Crippen molar-refractivity contribution in [3.8, 4) is 11.6 Å². The number of pyridine rings is 1. The number of carbonyl (C=O) groups excluding carboxylic acids is 1. The molecule has 3 heteroatoms. The molecule has 1 aromatic carbocycles. The Labute approximate surface area is 113 Å². The normalized spacial score (nSPS) is 10.2. The van der Waals surface area contributed by atoms with Crippen LogP contribution in [0.1, 0.15) is 36.2 Å². The van der Waals surface area contributed by atoms with Crippen LogP contribution < -0.4 is 4.74 Å². The van der Waals surface area contributed by atoms with E-state index in [0.29, 0.717) is 17.9 Å². The maximum Gasteiger partial charge on any atom is 0.219 e. The first-order chi connectivity index (χ1) is 9.22. The van der Waals surface area contributed by atoms with Crippen LogP contribution in [0.5, 0.6) is 11.6 Å². The van der Waals surface area contributed by atoms with Crippen LogP contribution in [-0.2, 0) is 6.42 Å². The van der Waals surface area contributed by atoms with Crippen LogP contribution in [-0.4, -0.2) is 10.8 Å². The summed E-state index contributed by atoms with van der Waals surface area (Å²) in [7, 11) is 0. The summed E-state index contributed by atoms with van der Waals surface area (Å²) >= 11 is 0. The van der Waals surface area contributed by atoms with Crippen LogP contribution in [0.25, 0.3) is 0 Å². The topological polar surface area (TPSA) is 39.2 Å².